The van der Waals surface area contributed by atoms with Gasteiger partial charge in [-0.2, -0.15) is 0 Å². The molecule has 4 heteroatoms. The van der Waals surface area contributed by atoms with Crippen molar-refractivity contribution >= 4 is 11.9 Å². The smallest absolute Gasteiger partial charge is 0.303 e. The fourth-order valence-corrected chi connectivity index (χ4v) is 4.71. The average Bonchev–Trinajstić information content (AvgIpc) is 3.02. The molecular formula is C25H22O4. The second-order valence-electron chi connectivity index (χ2n) is 7.51. The van der Waals surface area contributed by atoms with Gasteiger partial charge in [-0.05, 0) is 46.2 Å². The zero-order chi connectivity index (χ0) is 20.4. The summed E-state index contributed by atoms with van der Waals surface area (Å²) < 4.78 is 0. The molecule has 4 rings (SSSR count). The first-order valence-electron chi connectivity index (χ1n) is 9.75. The first kappa shape index (κ1) is 18.9. The van der Waals surface area contributed by atoms with Crippen LogP contribution in [0.15, 0.2) is 72.8 Å². The Balaban J connectivity index is 2.00. The zero-order valence-corrected chi connectivity index (χ0v) is 16.0. The van der Waals surface area contributed by atoms with Gasteiger partial charge in [-0.1, -0.05) is 72.8 Å². The largest absolute Gasteiger partial charge is 0.481 e. The van der Waals surface area contributed by atoms with Crippen LogP contribution >= 0.6 is 0 Å². The van der Waals surface area contributed by atoms with Crippen molar-refractivity contribution in [3.05, 3.63) is 83.9 Å². The van der Waals surface area contributed by atoms with Gasteiger partial charge in [0.2, 0.25) is 0 Å². The van der Waals surface area contributed by atoms with Crippen molar-refractivity contribution in [3.8, 4) is 22.3 Å². The summed E-state index contributed by atoms with van der Waals surface area (Å²) in [5.41, 5.74) is 5.65. The Morgan fingerprint density at radius 3 is 1.86 bits per heavy atom. The van der Waals surface area contributed by atoms with Crippen molar-refractivity contribution in [2.45, 2.75) is 31.1 Å². The molecule has 2 N–H and O–H groups in total. The van der Waals surface area contributed by atoms with Crippen LogP contribution in [-0.2, 0) is 15.0 Å². The van der Waals surface area contributed by atoms with E-state index in [1.807, 2.05) is 60.7 Å². The summed E-state index contributed by atoms with van der Waals surface area (Å²) >= 11 is 0. The van der Waals surface area contributed by atoms with Gasteiger partial charge >= 0.3 is 11.9 Å². The third kappa shape index (κ3) is 3.31. The molecule has 0 spiro atoms. The van der Waals surface area contributed by atoms with E-state index in [2.05, 4.69) is 12.1 Å². The number of carbonyl (C=O) groups is 2. The molecule has 0 saturated heterocycles. The quantitative estimate of drug-likeness (QED) is 0.574. The standard InChI is InChI=1S/C25H22O4/c26-22(27)13-15-25(16-14-23(28)29)21-12-5-4-9-19(21)20-11-6-10-18(24(20)25)17-7-2-1-3-8-17/h1-12H,13-16H2,(H,26,27)(H,28,29). The lowest BCUT2D eigenvalue weighted by molar-refractivity contribution is -0.137. The van der Waals surface area contributed by atoms with Gasteiger partial charge in [0.1, 0.15) is 0 Å². The van der Waals surface area contributed by atoms with Crippen LogP contribution < -0.4 is 0 Å². The van der Waals surface area contributed by atoms with E-state index in [9.17, 15) is 19.8 Å². The molecule has 0 heterocycles. The summed E-state index contributed by atoms with van der Waals surface area (Å²) in [5.74, 6) is -1.74. The van der Waals surface area contributed by atoms with Crippen molar-refractivity contribution in [1.29, 1.82) is 0 Å². The van der Waals surface area contributed by atoms with Crippen LogP contribution in [0.5, 0.6) is 0 Å². The summed E-state index contributed by atoms with van der Waals surface area (Å²) in [7, 11) is 0. The second-order valence-corrected chi connectivity index (χ2v) is 7.51. The normalized spacial score (nSPS) is 13.5. The molecule has 3 aromatic carbocycles. The summed E-state index contributed by atoms with van der Waals surface area (Å²) in [6.45, 7) is 0. The molecular weight excluding hydrogens is 364 g/mol. The minimum absolute atomic E-state index is 0.0173. The van der Waals surface area contributed by atoms with Crippen molar-refractivity contribution in [1.82, 2.24) is 0 Å². The molecule has 0 bridgehead atoms. The predicted molar refractivity (Wildman–Crippen MR) is 112 cm³/mol. The highest BCUT2D eigenvalue weighted by atomic mass is 16.4. The van der Waals surface area contributed by atoms with Crippen LogP contribution in [0, 0.1) is 0 Å². The average molecular weight is 386 g/mol. The van der Waals surface area contributed by atoms with Crippen LogP contribution in [0.3, 0.4) is 0 Å². The Kier molecular flexibility index (Phi) is 4.93. The van der Waals surface area contributed by atoms with Gasteiger partial charge < -0.3 is 10.2 Å². The maximum atomic E-state index is 11.5. The second kappa shape index (κ2) is 7.55. The maximum Gasteiger partial charge on any atom is 0.303 e. The highest BCUT2D eigenvalue weighted by Crippen LogP contribution is 2.56. The van der Waals surface area contributed by atoms with Crippen molar-refractivity contribution in [2.24, 2.45) is 0 Å². The Labute approximate surface area is 169 Å². The lowest BCUT2D eigenvalue weighted by Gasteiger charge is -2.33. The third-order valence-corrected chi connectivity index (χ3v) is 5.89. The highest BCUT2D eigenvalue weighted by Gasteiger charge is 2.44. The Morgan fingerprint density at radius 2 is 1.21 bits per heavy atom. The number of hydrogen-bond donors (Lipinski definition) is 2. The van der Waals surface area contributed by atoms with Crippen LogP contribution in [-0.4, -0.2) is 22.2 Å². The van der Waals surface area contributed by atoms with E-state index in [-0.39, 0.29) is 12.8 Å². The van der Waals surface area contributed by atoms with Crippen molar-refractivity contribution < 1.29 is 19.8 Å². The molecule has 0 radical (unpaired) electrons. The van der Waals surface area contributed by atoms with Gasteiger partial charge in [0.25, 0.3) is 0 Å². The molecule has 0 aliphatic heterocycles. The molecule has 3 aromatic rings. The van der Waals surface area contributed by atoms with E-state index in [1.54, 1.807) is 0 Å². The summed E-state index contributed by atoms with van der Waals surface area (Å²) in [5, 5.41) is 18.9. The first-order valence-corrected chi connectivity index (χ1v) is 9.75. The zero-order valence-electron chi connectivity index (χ0n) is 16.0. The number of carboxylic acids is 2. The molecule has 0 amide bonds. The molecule has 0 aromatic heterocycles. The first-order chi connectivity index (χ1) is 14.0. The predicted octanol–water partition coefficient (Wildman–Crippen LogP) is 5.35. The van der Waals surface area contributed by atoms with Crippen LogP contribution in [0.25, 0.3) is 22.3 Å². The number of hydrogen-bond acceptors (Lipinski definition) is 2. The summed E-state index contributed by atoms with van der Waals surface area (Å²) in [6, 6.07) is 24.1. The van der Waals surface area contributed by atoms with E-state index < -0.39 is 17.4 Å². The molecule has 0 atom stereocenters. The molecule has 146 valence electrons. The Bertz CT molecular complexity index is 1050. The Morgan fingerprint density at radius 1 is 0.655 bits per heavy atom. The number of benzene rings is 3. The topological polar surface area (TPSA) is 74.6 Å². The lowest BCUT2D eigenvalue weighted by atomic mass is 9.69. The fraction of sp³-hybridized carbons (Fsp3) is 0.200. The number of rotatable bonds is 7. The maximum absolute atomic E-state index is 11.5. The van der Waals surface area contributed by atoms with Crippen LogP contribution in [0.2, 0.25) is 0 Å². The van der Waals surface area contributed by atoms with Gasteiger partial charge in [0.15, 0.2) is 0 Å². The number of aliphatic carboxylic acids is 2. The van der Waals surface area contributed by atoms with Gasteiger partial charge in [-0.3, -0.25) is 9.59 Å². The van der Waals surface area contributed by atoms with Crippen molar-refractivity contribution in [2.75, 3.05) is 0 Å². The molecule has 1 aliphatic rings. The molecule has 0 saturated carbocycles. The lowest BCUT2D eigenvalue weighted by Crippen LogP contribution is -2.28. The molecule has 4 nitrogen and oxygen atoms in total. The van der Waals surface area contributed by atoms with E-state index in [1.165, 1.54) is 0 Å². The Hall–Kier alpha value is -3.40. The number of fused-ring (bicyclic) bond motifs is 3. The SMILES string of the molecule is O=C(O)CCC1(CCC(=O)O)c2ccccc2-c2cccc(-c3ccccc3)c21. The van der Waals surface area contributed by atoms with Gasteiger partial charge in [0.05, 0.1) is 0 Å². The minimum Gasteiger partial charge on any atom is -0.481 e. The fourth-order valence-electron chi connectivity index (χ4n) is 4.71. The highest BCUT2D eigenvalue weighted by molar-refractivity contribution is 5.89. The molecule has 0 fully saturated rings. The van der Waals surface area contributed by atoms with E-state index in [0.717, 1.165) is 33.4 Å². The summed E-state index contributed by atoms with van der Waals surface area (Å²) in [4.78, 5) is 23.0. The summed E-state index contributed by atoms with van der Waals surface area (Å²) in [6.07, 6.45) is 0.694. The third-order valence-electron chi connectivity index (χ3n) is 5.89. The minimum atomic E-state index is -0.872. The van der Waals surface area contributed by atoms with Gasteiger partial charge in [-0.25, -0.2) is 0 Å². The number of carboxylic acid groups (broad SMARTS) is 2. The van der Waals surface area contributed by atoms with Crippen LogP contribution in [0.1, 0.15) is 36.8 Å². The molecule has 29 heavy (non-hydrogen) atoms. The monoisotopic (exact) mass is 386 g/mol. The van der Waals surface area contributed by atoms with Gasteiger partial charge in [0, 0.05) is 18.3 Å². The van der Waals surface area contributed by atoms with Crippen molar-refractivity contribution in [3.63, 3.8) is 0 Å². The van der Waals surface area contributed by atoms with E-state index >= 15 is 0 Å². The van der Waals surface area contributed by atoms with Gasteiger partial charge in [-0.15, -0.1) is 0 Å². The van der Waals surface area contributed by atoms with E-state index in [4.69, 9.17) is 0 Å². The van der Waals surface area contributed by atoms with Crippen LogP contribution in [0.4, 0.5) is 0 Å². The molecule has 0 unspecified atom stereocenters. The van der Waals surface area contributed by atoms with E-state index in [0.29, 0.717) is 12.8 Å². The molecule has 1 aliphatic carbocycles.